The molecule has 0 fully saturated rings. The highest BCUT2D eigenvalue weighted by Gasteiger charge is 2.16. The van der Waals surface area contributed by atoms with Crippen molar-refractivity contribution in [3.05, 3.63) is 77.7 Å². The van der Waals surface area contributed by atoms with Gasteiger partial charge in [-0.05, 0) is 19.9 Å². The number of non-ortho nitro benzene ring substituents is 1. The molecule has 2 aromatic carbocycles. The van der Waals surface area contributed by atoms with Crippen molar-refractivity contribution >= 4 is 22.7 Å². The van der Waals surface area contributed by atoms with Gasteiger partial charge in [0.25, 0.3) is 11.4 Å². The summed E-state index contributed by atoms with van der Waals surface area (Å²) in [5, 5.41) is 37.4. The van der Waals surface area contributed by atoms with Crippen LogP contribution in [0.15, 0.2) is 36.4 Å². The van der Waals surface area contributed by atoms with Gasteiger partial charge in [-0.1, -0.05) is 0 Å². The summed E-state index contributed by atoms with van der Waals surface area (Å²) in [4.78, 5) is 25.4. The number of hydrogen-bond acceptors (Lipinski definition) is 6. The third-order valence-corrected chi connectivity index (χ3v) is 3.00. The lowest BCUT2D eigenvalue weighted by molar-refractivity contribution is -0.385. The number of diazo groups is 2. The Morgan fingerprint density at radius 2 is 1.54 bits per heavy atom. The topological polar surface area (TPSA) is 143 Å². The first kappa shape index (κ1) is 18.1. The molecule has 0 aliphatic rings. The van der Waals surface area contributed by atoms with Crippen LogP contribution >= 0.6 is 0 Å². The molecule has 2 rings (SSSR count). The van der Waals surface area contributed by atoms with Crippen molar-refractivity contribution in [2.24, 2.45) is 0 Å². The molecule has 0 atom stereocenters. The van der Waals surface area contributed by atoms with Gasteiger partial charge in [0.2, 0.25) is 10.8 Å². The van der Waals surface area contributed by atoms with Crippen molar-refractivity contribution < 1.29 is 9.85 Å². The molecule has 0 bridgehead atoms. The standard InChI is InChI=1S/2C7H6N3O2/c1-5-4-6(10(11)12)2-3-7(5)9-8;1-5-2-3-6(9-8)4-7(5)10(11)12/h2*2-4H,1H3/q2*+1. The predicted octanol–water partition coefficient (Wildman–Crippen LogP) is 4.78. The van der Waals surface area contributed by atoms with Crippen LogP contribution < -0.4 is 0 Å². The summed E-state index contributed by atoms with van der Waals surface area (Å²) in [6.07, 6.45) is 0. The molecule has 0 amide bonds. The van der Waals surface area contributed by atoms with Crippen LogP contribution in [0.25, 0.3) is 9.95 Å². The smallest absolute Gasteiger partial charge is 0.258 e. The second-order valence-electron chi connectivity index (χ2n) is 4.66. The second kappa shape index (κ2) is 7.91. The van der Waals surface area contributed by atoms with Crippen molar-refractivity contribution in [2.45, 2.75) is 13.8 Å². The van der Waals surface area contributed by atoms with Crippen molar-refractivity contribution in [2.75, 3.05) is 0 Å². The number of hydrogen-bond donors (Lipinski definition) is 0. The molecule has 0 N–H and O–H groups in total. The molecule has 0 saturated heterocycles. The van der Waals surface area contributed by atoms with Crippen LogP contribution in [0.1, 0.15) is 11.1 Å². The van der Waals surface area contributed by atoms with Crippen molar-refractivity contribution in [1.82, 2.24) is 0 Å². The molecule has 10 nitrogen and oxygen atoms in total. The lowest BCUT2D eigenvalue weighted by Crippen LogP contribution is -1.90. The minimum Gasteiger partial charge on any atom is -0.258 e. The molecule has 0 aromatic heterocycles. The summed E-state index contributed by atoms with van der Waals surface area (Å²) >= 11 is 0. The van der Waals surface area contributed by atoms with Crippen LogP contribution in [0.4, 0.5) is 22.7 Å². The maximum atomic E-state index is 10.4. The minimum atomic E-state index is -0.510. The zero-order valence-corrected chi connectivity index (χ0v) is 12.8. The van der Waals surface area contributed by atoms with Gasteiger partial charge in [-0.25, -0.2) is 0 Å². The van der Waals surface area contributed by atoms with Gasteiger partial charge in [0, 0.05) is 29.8 Å². The fourth-order valence-electron chi connectivity index (χ4n) is 1.72. The zero-order chi connectivity index (χ0) is 18.3. The van der Waals surface area contributed by atoms with Gasteiger partial charge in [0.15, 0.2) is 9.95 Å². The molecule has 2 aromatic rings. The van der Waals surface area contributed by atoms with Gasteiger partial charge in [-0.15, -0.1) is 0 Å². The number of nitro groups is 2. The van der Waals surface area contributed by atoms with Crippen molar-refractivity contribution in [1.29, 1.82) is 10.8 Å². The van der Waals surface area contributed by atoms with Gasteiger partial charge < -0.3 is 0 Å². The third-order valence-electron chi connectivity index (χ3n) is 3.00. The SMILES string of the molecule is Cc1cc([N+](=O)[O-])ccc1[N+]#N.Cc1ccc([N+]#N)cc1[N+](=O)[O-]. The average Bonchev–Trinajstić information content (AvgIpc) is 2.55. The largest absolute Gasteiger partial charge is 0.391 e. The predicted molar refractivity (Wildman–Crippen MR) is 85.2 cm³/mol. The molecular formula is C14H12N6O4+2. The van der Waals surface area contributed by atoms with E-state index in [4.69, 9.17) is 10.8 Å². The fourth-order valence-corrected chi connectivity index (χ4v) is 1.72. The maximum Gasteiger partial charge on any atom is 0.391 e. The molecule has 0 heterocycles. The third kappa shape index (κ3) is 4.54. The molecule has 0 saturated carbocycles. The maximum absolute atomic E-state index is 10.4. The number of aryl methyl sites for hydroxylation is 2. The van der Waals surface area contributed by atoms with Crippen LogP contribution in [0.3, 0.4) is 0 Å². The summed E-state index contributed by atoms with van der Waals surface area (Å²) < 4.78 is 0. The molecule has 10 heteroatoms. The summed E-state index contributed by atoms with van der Waals surface area (Å²) in [5.74, 6) is 0. The normalized spacial score (nSPS) is 9.00. The van der Waals surface area contributed by atoms with E-state index in [1.165, 1.54) is 36.4 Å². The highest BCUT2D eigenvalue weighted by atomic mass is 16.6. The molecular weight excluding hydrogens is 316 g/mol. The van der Waals surface area contributed by atoms with E-state index < -0.39 is 9.85 Å². The number of nitro benzene ring substituents is 2. The number of nitrogens with zero attached hydrogens (tertiary/aromatic N) is 6. The Kier molecular flexibility index (Phi) is 5.98. The van der Waals surface area contributed by atoms with E-state index in [1.807, 2.05) is 0 Å². The lowest BCUT2D eigenvalue weighted by Gasteiger charge is -1.91. The Hall–Kier alpha value is -3.92. The Morgan fingerprint density at radius 3 is 2.00 bits per heavy atom. The monoisotopic (exact) mass is 328 g/mol. The molecule has 0 radical (unpaired) electrons. The Labute approximate surface area is 135 Å². The fraction of sp³-hybridized carbons (Fsp3) is 0.143. The highest BCUT2D eigenvalue weighted by Crippen LogP contribution is 2.24. The summed E-state index contributed by atoms with van der Waals surface area (Å²) in [7, 11) is 0. The molecule has 24 heavy (non-hydrogen) atoms. The minimum absolute atomic E-state index is 0.0000926. The molecule has 0 spiro atoms. The molecule has 0 aliphatic carbocycles. The molecule has 120 valence electrons. The van der Waals surface area contributed by atoms with E-state index in [9.17, 15) is 20.2 Å². The number of benzene rings is 2. The van der Waals surface area contributed by atoms with Crippen LogP contribution in [0.5, 0.6) is 0 Å². The first-order chi connectivity index (χ1) is 11.3. The summed E-state index contributed by atoms with van der Waals surface area (Å²) in [5.41, 5.74) is 1.62. The van der Waals surface area contributed by atoms with Crippen molar-refractivity contribution in [3.63, 3.8) is 0 Å². The summed E-state index contributed by atoms with van der Waals surface area (Å²) in [6, 6.07) is 8.30. The quantitative estimate of drug-likeness (QED) is 0.441. The molecule has 0 unspecified atom stereocenters. The van der Waals surface area contributed by atoms with Crippen molar-refractivity contribution in [3.8, 4) is 0 Å². The first-order valence-corrected chi connectivity index (χ1v) is 6.50. The van der Waals surface area contributed by atoms with Crippen LogP contribution in [0.2, 0.25) is 0 Å². The van der Waals surface area contributed by atoms with E-state index in [2.05, 4.69) is 9.95 Å². The van der Waals surface area contributed by atoms with Crippen LogP contribution in [-0.4, -0.2) is 9.85 Å². The first-order valence-electron chi connectivity index (χ1n) is 6.50. The Bertz CT molecular complexity index is 882. The van der Waals surface area contributed by atoms with E-state index in [0.717, 1.165) is 0 Å². The average molecular weight is 328 g/mol. The zero-order valence-electron chi connectivity index (χ0n) is 12.8. The van der Waals surface area contributed by atoms with Gasteiger partial charge in [-0.2, -0.15) is 0 Å². The summed E-state index contributed by atoms with van der Waals surface area (Å²) in [6.45, 7) is 3.27. The second-order valence-corrected chi connectivity index (χ2v) is 4.66. The Morgan fingerprint density at radius 1 is 0.875 bits per heavy atom. The van der Waals surface area contributed by atoms with E-state index in [1.54, 1.807) is 13.8 Å². The van der Waals surface area contributed by atoms with E-state index in [-0.39, 0.29) is 17.1 Å². The Balaban J connectivity index is 0.000000240. The van der Waals surface area contributed by atoms with Gasteiger partial charge in [0.05, 0.1) is 15.4 Å². The molecule has 0 aliphatic heterocycles. The lowest BCUT2D eigenvalue weighted by atomic mass is 10.2. The van der Waals surface area contributed by atoms with Crippen LogP contribution in [-0.2, 0) is 0 Å². The van der Waals surface area contributed by atoms with Gasteiger partial charge in [-0.3, -0.25) is 20.2 Å². The van der Waals surface area contributed by atoms with Gasteiger partial charge >= 0.3 is 11.4 Å². The van der Waals surface area contributed by atoms with E-state index in [0.29, 0.717) is 16.8 Å². The van der Waals surface area contributed by atoms with Gasteiger partial charge in [0.1, 0.15) is 6.07 Å². The van der Waals surface area contributed by atoms with Crippen LogP contribution in [0, 0.1) is 44.9 Å². The number of rotatable bonds is 2. The highest BCUT2D eigenvalue weighted by molar-refractivity contribution is 5.56. The van der Waals surface area contributed by atoms with E-state index >= 15 is 0 Å².